The van der Waals surface area contributed by atoms with Crippen molar-refractivity contribution >= 4 is 70.5 Å². The summed E-state index contributed by atoms with van der Waals surface area (Å²) in [5, 5.41) is 125. The van der Waals surface area contributed by atoms with Crippen LogP contribution in [-0.2, 0) is 52.6 Å². The zero-order chi connectivity index (χ0) is 77.9. The summed E-state index contributed by atoms with van der Waals surface area (Å²) in [6.07, 6.45) is -18.1. The van der Waals surface area contributed by atoms with Crippen molar-refractivity contribution < 1.29 is 113 Å². The summed E-state index contributed by atoms with van der Waals surface area (Å²) in [5.74, 6) is -14.5. The molecule has 7 heterocycles. The Morgan fingerprint density at radius 2 is 1.35 bits per heavy atom. The lowest BCUT2D eigenvalue weighted by Gasteiger charge is -2.47. The average Bonchev–Trinajstić information content (AvgIpc) is 0.771. The quantitative estimate of drug-likeness (QED) is 0.0549. The standard InChI is InChI=1S/C71H87Cl2N11O23/c1-28(2)17-39(76-5)63(95)82-54-56(90)31-10-13-43(37(72)19-31)103-45-21-33-22-46(60(45)107-70-61(59(93)58(92)47(27-85)105-70)106-49-26-71(4,75)62(94)29(3)102-49)104-44-14-11-32(20-38(44)73)57(91)55-69(101)81-53(65(97)77-15-8-16-84(6)7)36-23-34(86)24-42(88)50(36)35-18-30(9-12-41(35)87)51(66(98)83-55)80-67(99)52(33)79-64(96)40(25-48(74)89)78-68(54)100/h9-14,18-24,28-29,39-40,47,49,51-59,61-62,70,76,85-88,90-94H,8,15-17,25-27,75H2,1-7H3,(H2,74,89)(H,77,97)(H,78,100)(H,79,96)(H,80,99)(H,81,101)(H,82,95)(H,83,98)/t29-,39+,40-,47+,49-,51+,52+,53-,54+,55-,56+,57+,58+,59-,61+,62+,70-,71-/m0/s1. The molecule has 21 N–H and O–H groups in total. The second-order valence-corrected chi connectivity index (χ2v) is 28.6. The average molecular weight is 1530 g/mol. The van der Waals surface area contributed by atoms with Crippen molar-refractivity contribution in [3.05, 3.63) is 117 Å². The Morgan fingerprint density at radius 1 is 0.729 bits per heavy atom. The number of ether oxygens (including phenoxy) is 6. The maximum Gasteiger partial charge on any atom is 0.248 e. The molecule has 8 amide bonds. The number of fused-ring (bicyclic) bond motifs is 15. The largest absolute Gasteiger partial charge is 0.508 e. The van der Waals surface area contributed by atoms with Gasteiger partial charge in [-0.15, -0.1) is 0 Å². The number of phenolic OH excluding ortho intramolecular Hbond substituents is 3. The number of rotatable bonds is 17. The van der Waals surface area contributed by atoms with E-state index in [2.05, 4.69) is 42.5 Å². The number of nitrogens with one attached hydrogen (secondary N) is 8. The first-order chi connectivity index (χ1) is 50.6. The van der Waals surface area contributed by atoms with Gasteiger partial charge in [0.15, 0.2) is 23.9 Å². The van der Waals surface area contributed by atoms with Gasteiger partial charge in [0.1, 0.15) is 95.5 Å². The number of amides is 8. The summed E-state index contributed by atoms with van der Waals surface area (Å²) in [6, 6.07) is 0.511. The normalized spacial score (nSPS) is 28.5. The monoisotopic (exact) mass is 1530 g/mol. The molecule has 2 fully saturated rings. The van der Waals surface area contributed by atoms with Crippen LogP contribution in [0.5, 0.6) is 46.0 Å². The van der Waals surface area contributed by atoms with E-state index in [0.717, 1.165) is 60.7 Å². The fourth-order valence-electron chi connectivity index (χ4n) is 13.2. The molecule has 0 radical (unpaired) electrons. The van der Waals surface area contributed by atoms with E-state index in [9.17, 15) is 65.1 Å². The van der Waals surface area contributed by atoms with Crippen molar-refractivity contribution in [2.75, 3.05) is 40.8 Å². The lowest BCUT2D eigenvalue weighted by molar-refractivity contribution is -0.333. The zero-order valence-electron chi connectivity index (χ0n) is 58.9. The number of primary amides is 1. The van der Waals surface area contributed by atoms with Crippen LogP contribution >= 0.6 is 23.2 Å². The Bertz CT molecular complexity index is 4210. The van der Waals surface area contributed by atoms with Crippen molar-refractivity contribution in [3.63, 3.8) is 0 Å². The van der Waals surface area contributed by atoms with Gasteiger partial charge in [0.25, 0.3) is 0 Å². The highest BCUT2D eigenvalue weighted by atomic mass is 35.5. The number of carbonyl (C=O) groups excluding carboxylic acids is 8. The number of aliphatic hydroxyl groups excluding tert-OH is 6. The molecule has 2 saturated heterocycles. The molecule has 0 aromatic heterocycles. The number of hydrogen-bond donors (Lipinski definition) is 19. The van der Waals surface area contributed by atoms with Crippen LogP contribution < -0.4 is 68.2 Å². The van der Waals surface area contributed by atoms with E-state index in [1.165, 1.54) is 39.1 Å². The molecule has 5 aromatic carbocycles. The number of hydrogen-bond acceptors (Lipinski definition) is 26. The number of aromatic hydroxyl groups is 3. The molecule has 7 aliphatic heterocycles. The summed E-state index contributed by atoms with van der Waals surface area (Å²) in [6.45, 7) is 6.20. The third-order valence-electron chi connectivity index (χ3n) is 18.9. The van der Waals surface area contributed by atoms with E-state index >= 15 is 19.2 Å². The molecule has 0 unspecified atom stereocenters. The minimum absolute atomic E-state index is 0.00856. The van der Waals surface area contributed by atoms with Gasteiger partial charge < -0.3 is 133 Å². The van der Waals surface area contributed by atoms with Crippen LogP contribution in [0, 0.1) is 5.92 Å². The van der Waals surface area contributed by atoms with E-state index < -0.39 is 220 Å². The van der Waals surface area contributed by atoms with Gasteiger partial charge in [-0.3, -0.25) is 38.4 Å². The first kappa shape index (κ1) is 80.3. The number of nitrogens with two attached hydrogens (primary N) is 2. The predicted molar refractivity (Wildman–Crippen MR) is 378 cm³/mol. The number of nitrogens with zero attached hydrogens (tertiary/aromatic N) is 1. The first-order valence-electron chi connectivity index (χ1n) is 34.2. The van der Waals surface area contributed by atoms with E-state index in [0.29, 0.717) is 13.0 Å². The van der Waals surface area contributed by atoms with Crippen molar-refractivity contribution in [2.45, 2.75) is 163 Å². The number of aliphatic hydroxyl groups is 6. The second kappa shape index (κ2) is 33.5. The third-order valence-corrected chi connectivity index (χ3v) is 19.5. The lowest BCUT2D eigenvalue weighted by atomic mass is 9.86. The van der Waals surface area contributed by atoms with Crippen LogP contribution in [0.3, 0.4) is 0 Å². The minimum atomic E-state index is -2.33. The minimum Gasteiger partial charge on any atom is -0.508 e. The Hall–Kier alpha value is -9.24. The number of carbonyl (C=O) groups is 8. The Kier molecular flexibility index (Phi) is 25.1. The van der Waals surface area contributed by atoms with Crippen LogP contribution in [0.25, 0.3) is 11.1 Å². The Morgan fingerprint density at radius 3 is 1.94 bits per heavy atom. The third kappa shape index (κ3) is 18.0. The van der Waals surface area contributed by atoms with Gasteiger partial charge in [-0.05, 0) is 143 Å². The molecule has 18 atom stereocenters. The van der Waals surface area contributed by atoms with Crippen LogP contribution in [0.15, 0.2) is 78.9 Å². The van der Waals surface area contributed by atoms with Crippen molar-refractivity contribution in [3.8, 4) is 57.1 Å². The lowest BCUT2D eigenvalue weighted by Crippen LogP contribution is -2.64. The molecular weight excluding hydrogens is 1450 g/mol. The number of likely N-dealkylation sites (N-methyl/N-ethyl adjacent to an activating group) is 1. The highest BCUT2D eigenvalue weighted by molar-refractivity contribution is 6.32. The molecule has 12 rings (SSSR count). The number of phenols is 3. The van der Waals surface area contributed by atoms with Crippen LogP contribution in [0.1, 0.15) is 112 Å². The summed E-state index contributed by atoms with van der Waals surface area (Å²) in [5.41, 5.74) is 8.67. The molecule has 578 valence electrons. The summed E-state index contributed by atoms with van der Waals surface area (Å²) in [4.78, 5) is 121. The molecule has 34 nitrogen and oxygen atoms in total. The van der Waals surface area contributed by atoms with Gasteiger partial charge >= 0.3 is 0 Å². The summed E-state index contributed by atoms with van der Waals surface area (Å²) in [7, 11) is 5.07. The zero-order valence-corrected chi connectivity index (χ0v) is 60.5. The van der Waals surface area contributed by atoms with E-state index in [1.54, 1.807) is 14.1 Å². The second-order valence-electron chi connectivity index (χ2n) is 27.8. The number of benzene rings is 5. The molecular formula is C71H87Cl2N11O23. The Balaban J connectivity index is 1.23. The smallest absolute Gasteiger partial charge is 0.248 e. The van der Waals surface area contributed by atoms with Gasteiger partial charge in [-0.1, -0.05) is 55.2 Å². The maximum atomic E-state index is 16.2. The van der Waals surface area contributed by atoms with Gasteiger partial charge in [0, 0.05) is 35.7 Å². The SMILES string of the molecule is CN[C@H](CC(C)C)C(=O)N[C@H]1C(=O)N[C@@H](CC(N)=O)C(=O)N[C@H]2C(=O)N[C@H]3C(=O)N[C@H](C(=O)N[C@H](C(=O)NCCCN(C)C)c4cc(O)cc(O)c4-c4cc3ccc4O)[C@H](O)c3ccc(c(Cl)c3)Oc3cc2cc(c3O[C@@H]2O[C@H](CO)[C@@H](O)[C@H](O)[C@H]2O[C@H]2C[C@](C)(N)[C@H](O)[C@H](C)O2)Oc2ccc(cc2Cl)[C@H]1O. The molecule has 0 aliphatic carbocycles. The van der Waals surface area contributed by atoms with Crippen LogP contribution in [-0.4, -0.2) is 218 Å². The molecule has 36 heteroatoms. The molecule has 0 spiro atoms. The van der Waals surface area contributed by atoms with Gasteiger partial charge in [-0.2, -0.15) is 0 Å². The van der Waals surface area contributed by atoms with E-state index in [1.807, 2.05) is 18.7 Å². The fraction of sp³-hybridized carbons (Fsp3) is 0.465. The van der Waals surface area contributed by atoms with E-state index in [-0.39, 0.29) is 69.6 Å². The van der Waals surface area contributed by atoms with Crippen molar-refractivity contribution in [1.82, 2.24) is 47.4 Å². The molecule has 0 saturated carbocycles. The van der Waals surface area contributed by atoms with Crippen LogP contribution in [0.4, 0.5) is 0 Å². The fourth-order valence-corrected chi connectivity index (χ4v) is 13.7. The molecule has 5 aromatic rings. The molecule has 11 bridgehead atoms. The maximum absolute atomic E-state index is 16.2. The molecule has 7 aliphatic rings. The number of halogens is 2. The van der Waals surface area contributed by atoms with Crippen LogP contribution in [0.2, 0.25) is 10.0 Å². The predicted octanol–water partition coefficient (Wildman–Crippen LogP) is 0.0895. The summed E-state index contributed by atoms with van der Waals surface area (Å²) < 4.78 is 38.6. The highest BCUT2D eigenvalue weighted by Crippen LogP contribution is 2.50. The van der Waals surface area contributed by atoms with Crippen molar-refractivity contribution in [2.24, 2.45) is 17.4 Å². The molecule has 107 heavy (non-hydrogen) atoms. The van der Waals surface area contributed by atoms with Gasteiger partial charge in [0.2, 0.25) is 59.3 Å². The van der Waals surface area contributed by atoms with Gasteiger partial charge in [-0.25, -0.2) is 0 Å². The van der Waals surface area contributed by atoms with Gasteiger partial charge in [0.05, 0.1) is 41.3 Å². The van der Waals surface area contributed by atoms with Crippen molar-refractivity contribution in [1.29, 1.82) is 0 Å². The first-order valence-corrected chi connectivity index (χ1v) is 35.0. The highest BCUT2D eigenvalue weighted by Gasteiger charge is 2.52. The van der Waals surface area contributed by atoms with E-state index in [4.69, 9.17) is 63.1 Å². The summed E-state index contributed by atoms with van der Waals surface area (Å²) >= 11 is 14.2. The topological polar surface area (TPSA) is 526 Å². The Labute approximate surface area is 622 Å².